The van der Waals surface area contributed by atoms with E-state index in [1.54, 1.807) is 6.92 Å². The molecule has 1 aliphatic rings. The third-order valence-electron chi connectivity index (χ3n) is 2.22. The molecule has 0 heterocycles. The molecule has 1 unspecified atom stereocenters. The monoisotopic (exact) mass is 180 g/mol. The van der Waals surface area contributed by atoms with Crippen LogP contribution in [-0.4, -0.2) is 11.7 Å². The Morgan fingerprint density at radius 1 is 1.69 bits per heavy atom. The van der Waals surface area contributed by atoms with Crippen LogP contribution in [0.25, 0.3) is 0 Å². The minimum absolute atomic E-state index is 0.0658. The molecule has 0 aromatic carbocycles. The fraction of sp³-hybridized carbons (Fsp3) is 0.600. The Morgan fingerprint density at radius 3 is 3.00 bits per heavy atom. The van der Waals surface area contributed by atoms with Gasteiger partial charge >= 0.3 is 0 Å². The van der Waals surface area contributed by atoms with E-state index in [0.29, 0.717) is 12.3 Å². The highest BCUT2D eigenvalue weighted by molar-refractivity contribution is 5.98. The summed E-state index contributed by atoms with van der Waals surface area (Å²) >= 11 is 0. The van der Waals surface area contributed by atoms with E-state index in [2.05, 4.69) is 11.4 Å². The Morgan fingerprint density at radius 2 is 2.46 bits per heavy atom. The van der Waals surface area contributed by atoms with E-state index in [1.807, 2.05) is 6.08 Å². The molecule has 3 heteroatoms. The normalized spacial score (nSPS) is 21.2. The van der Waals surface area contributed by atoms with Gasteiger partial charge in [-0.25, -0.2) is 0 Å². The van der Waals surface area contributed by atoms with Crippen molar-refractivity contribution in [1.82, 2.24) is 5.32 Å². The Bertz CT molecular complexity index is 233. The van der Waals surface area contributed by atoms with E-state index in [-0.39, 0.29) is 11.8 Å². The zero-order chi connectivity index (χ0) is 9.68. The number of amides is 1. The van der Waals surface area contributed by atoms with Crippen LogP contribution >= 0.6 is 0 Å². The van der Waals surface area contributed by atoms with Crippen molar-refractivity contribution in [1.29, 1.82) is 5.41 Å². The van der Waals surface area contributed by atoms with Gasteiger partial charge in [-0.3, -0.25) is 10.2 Å². The lowest BCUT2D eigenvalue weighted by atomic mass is 9.95. The van der Waals surface area contributed by atoms with E-state index in [4.69, 9.17) is 5.41 Å². The van der Waals surface area contributed by atoms with Gasteiger partial charge in [-0.2, -0.15) is 0 Å². The molecule has 1 atom stereocenters. The van der Waals surface area contributed by atoms with Gasteiger partial charge in [0, 0.05) is 12.3 Å². The highest BCUT2D eigenvalue weighted by Gasteiger charge is 2.14. The molecular weight excluding hydrogens is 164 g/mol. The molecule has 1 rings (SSSR count). The summed E-state index contributed by atoms with van der Waals surface area (Å²) in [6, 6.07) is 0. The Hall–Kier alpha value is -1.12. The Kier molecular flexibility index (Phi) is 3.68. The third kappa shape index (κ3) is 3.01. The average Bonchev–Trinajstić information content (AvgIpc) is 2.19. The smallest absolute Gasteiger partial charge is 0.224 e. The number of hydrogen-bond acceptors (Lipinski definition) is 2. The van der Waals surface area contributed by atoms with Gasteiger partial charge in [-0.1, -0.05) is 19.1 Å². The number of allylic oxidation sites excluding steroid dienone is 1. The molecule has 0 bridgehead atoms. The van der Waals surface area contributed by atoms with E-state index in [0.717, 1.165) is 19.3 Å². The fourth-order valence-electron chi connectivity index (χ4n) is 1.38. The van der Waals surface area contributed by atoms with E-state index in [1.165, 1.54) is 0 Å². The maximum atomic E-state index is 11.0. The van der Waals surface area contributed by atoms with Gasteiger partial charge in [0.25, 0.3) is 0 Å². The lowest BCUT2D eigenvalue weighted by molar-refractivity contribution is -0.119. The lowest BCUT2D eigenvalue weighted by Crippen LogP contribution is -2.34. The van der Waals surface area contributed by atoms with Crippen LogP contribution in [0.1, 0.15) is 32.6 Å². The van der Waals surface area contributed by atoms with Crippen LogP contribution in [0.15, 0.2) is 12.2 Å². The standard InChI is InChI=1S/C10H16N2O/c1-2-9(13)12-10(11)8-6-4-3-5-7-8/h4,6,8H,2-3,5,7H2,1H3,(H2,11,12,13). The summed E-state index contributed by atoms with van der Waals surface area (Å²) in [5.41, 5.74) is 0. The van der Waals surface area contributed by atoms with Crippen molar-refractivity contribution in [3.05, 3.63) is 12.2 Å². The van der Waals surface area contributed by atoms with Crippen molar-refractivity contribution in [3.8, 4) is 0 Å². The number of hydrogen-bond donors (Lipinski definition) is 2. The van der Waals surface area contributed by atoms with Crippen molar-refractivity contribution in [2.75, 3.05) is 0 Å². The number of nitrogens with one attached hydrogen (secondary N) is 2. The fourth-order valence-corrected chi connectivity index (χ4v) is 1.38. The first-order chi connectivity index (χ1) is 6.24. The summed E-state index contributed by atoms with van der Waals surface area (Å²) in [5.74, 6) is 0.413. The molecular formula is C10H16N2O. The van der Waals surface area contributed by atoms with Crippen molar-refractivity contribution in [2.45, 2.75) is 32.6 Å². The highest BCUT2D eigenvalue weighted by atomic mass is 16.1. The van der Waals surface area contributed by atoms with Crippen molar-refractivity contribution in [3.63, 3.8) is 0 Å². The summed E-state index contributed by atoms with van der Waals surface area (Å²) < 4.78 is 0. The van der Waals surface area contributed by atoms with Crippen LogP contribution in [0.5, 0.6) is 0 Å². The maximum absolute atomic E-state index is 11.0. The molecule has 0 radical (unpaired) electrons. The predicted octanol–water partition coefficient (Wildman–Crippen LogP) is 1.85. The molecule has 0 saturated heterocycles. The molecule has 2 N–H and O–H groups in total. The topological polar surface area (TPSA) is 53.0 Å². The second-order valence-corrected chi connectivity index (χ2v) is 3.28. The van der Waals surface area contributed by atoms with Crippen LogP contribution in [0.3, 0.4) is 0 Å². The van der Waals surface area contributed by atoms with Gasteiger partial charge in [0.05, 0.1) is 0 Å². The number of amidine groups is 1. The number of carbonyl (C=O) groups is 1. The second-order valence-electron chi connectivity index (χ2n) is 3.28. The van der Waals surface area contributed by atoms with Gasteiger partial charge in [0.15, 0.2) is 0 Å². The van der Waals surface area contributed by atoms with Gasteiger partial charge < -0.3 is 5.32 Å². The summed E-state index contributed by atoms with van der Waals surface area (Å²) in [6.07, 6.45) is 7.75. The first kappa shape index (κ1) is 9.96. The van der Waals surface area contributed by atoms with Gasteiger partial charge in [0.1, 0.15) is 5.84 Å². The molecule has 0 saturated carbocycles. The van der Waals surface area contributed by atoms with Gasteiger partial charge in [-0.05, 0) is 19.3 Å². The first-order valence-corrected chi connectivity index (χ1v) is 4.79. The molecule has 0 aliphatic heterocycles. The zero-order valence-electron chi connectivity index (χ0n) is 7.97. The highest BCUT2D eigenvalue weighted by Crippen LogP contribution is 2.16. The van der Waals surface area contributed by atoms with Crippen LogP contribution in [0.4, 0.5) is 0 Å². The quantitative estimate of drug-likeness (QED) is 0.380. The van der Waals surface area contributed by atoms with Crippen LogP contribution < -0.4 is 5.32 Å². The van der Waals surface area contributed by atoms with E-state index >= 15 is 0 Å². The van der Waals surface area contributed by atoms with Gasteiger partial charge in [0.2, 0.25) is 5.91 Å². The molecule has 13 heavy (non-hydrogen) atoms. The third-order valence-corrected chi connectivity index (χ3v) is 2.22. The van der Waals surface area contributed by atoms with Gasteiger partial charge in [-0.15, -0.1) is 0 Å². The SMILES string of the molecule is CCC(=O)NC(=N)C1C=CCCC1. The maximum Gasteiger partial charge on any atom is 0.224 e. The molecule has 0 spiro atoms. The molecule has 1 aliphatic carbocycles. The Balaban J connectivity index is 2.42. The van der Waals surface area contributed by atoms with Crippen molar-refractivity contribution < 1.29 is 4.79 Å². The average molecular weight is 180 g/mol. The van der Waals surface area contributed by atoms with Crippen LogP contribution in [0, 0.1) is 11.3 Å². The number of rotatable bonds is 2. The predicted molar refractivity (Wildman–Crippen MR) is 52.6 cm³/mol. The largest absolute Gasteiger partial charge is 0.314 e. The lowest BCUT2D eigenvalue weighted by Gasteiger charge is -2.17. The molecule has 1 amide bonds. The molecule has 3 nitrogen and oxygen atoms in total. The zero-order valence-corrected chi connectivity index (χ0v) is 7.97. The molecule has 0 aromatic rings. The second kappa shape index (κ2) is 4.80. The minimum Gasteiger partial charge on any atom is -0.314 e. The van der Waals surface area contributed by atoms with Crippen molar-refractivity contribution in [2.24, 2.45) is 5.92 Å². The molecule has 0 aromatic heterocycles. The summed E-state index contributed by atoms with van der Waals surface area (Å²) in [5, 5.41) is 10.2. The van der Waals surface area contributed by atoms with Crippen LogP contribution in [0.2, 0.25) is 0 Å². The van der Waals surface area contributed by atoms with E-state index < -0.39 is 0 Å². The molecule has 0 fully saturated rings. The Labute approximate surface area is 78.7 Å². The first-order valence-electron chi connectivity index (χ1n) is 4.79. The van der Waals surface area contributed by atoms with Crippen molar-refractivity contribution >= 4 is 11.7 Å². The number of carbonyl (C=O) groups excluding carboxylic acids is 1. The molecule has 72 valence electrons. The van der Waals surface area contributed by atoms with Crippen LogP contribution in [-0.2, 0) is 4.79 Å². The van der Waals surface area contributed by atoms with E-state index in [9.17, 15) is 4.79 Å². The summed E-state index contributed by atoms with van der Waals surface area (Å²) in [7, 11) is 0. The summed E-state index contributed by atoms with van der Waals surface area (Å²) in [6.45, 7) is 1.79. The minimum atomic E-state index is -0.0658. The summed E-state index contributed by atoms with van der Waals surface area (Å²) in [4.78, 5) is 11.0.